The van der Waals surface area contributed by atoms with Crippen LogP contribution in [-0.4, -0.2) is 154 Å². The van der Waals surface area contributed by atoms with Gasteiger partial charge in [0.2, 0.25) is 23.6 Å². The molecule has 474 valence electrons. The number of anilines is 3. The van der Waals surface area contributed by atoms with Crippen LogP contribution in [0.5, 0.6) is 11.5 Å². The van der Waals surface area contributed by atoms with Crippen LogP contribution in [0.2, 0.25) is 5.02 Å². The van der Waals surface area contributed by atoms with Gasteiger partial charge in [-0.05, 0) is 113 Å². The molecule has 10 atom stereocenters. The number of esters is 1. The molecule has 3 aromatic carbocycles. The third-order valence-electron chi connectivity index (χ3n) is 15.9. The minimum atomic E-state index is -1.91. The van der Waals surface area contributed by atoms with Gasteiger partial charge in [0, 0.05) is 51.2 Å². The number of amides is 7. The minimum Gasteiger partial charge on any atom is -0.495 e. The number of allylic oxidation sites excluding steroid dienone is 3. The predicted molar refractivity (Wildman–Crippen MR) is 324 cm³/mol. The van der Waals surface area contributed by atoms with Crippen molar-refractivity contribution >= 4 is 76.4 Å². The first kappa shape index (κ1) is 68.3. The van der Waals surface area contributed by atoms with Crippen molar-refractivity contribution in [3.63, 3.8) is 0 Å². The van der Waals surface area contributed by atoms with Crippen LogP contribution in [-0.2, 0) is 60.7 Å². The number of carbonyl (C=O) groups is 8. The number of likely N-dealkylation sites (N-methyl/N-ethyl adjacent to an activating group) is 1. The van der Waals surface area contributed by atoms with Gasteiger partial charge in [0.15, 0.2) is 5.72 Å². The molecule has 2 fully saturated rings. The Morgan fingerprint density at radius 1 is 0.931 bits per heavy atom. The molecular formula is C62H83ClN8O16. The highest BCUT2D eigenvalue weighted by Gasteiger charge is 2.64. The van der Waals surface area contributed by atoms with Crippen LogP contribution in [0.15, 0.2) is 78.4 Å². The number of benzene rings is 3. The van der Waals surface area contributed by atoms with Crippen molar-refractivity contribution in [2.75, 3.05) is 57.5 Å². The van der Waals surface area contributed by atoms with Gasteiger partial charge in [0.1, 0.15) is 65.2 Å². The Morgan fingerprint density at radius 3 is 2.29 bits per heavy atom. The largest absolute Gasteiger partial charge is 0.495 e. The predicted octanol–water partition coefficient (Wildman–Crippen LogP) is 6.69. The summed E-state index contributed by atoms with van der Waals surface area (Å²) in [5.74, 6) is -3.73. The smallest absolute Gasteiger partial charge is 0.412 e. The van der Waals surface area contributed by atoms with E-state index in [9.17, 15) is 43.5 Å². The average molecular weight is 1230 g/mol. The molecule has 0 aromatic heterocycles. The van der Waals surface area contributed by atoms with Crippen LogP contribution >= 0.6 is 11.6 Å². The van der Waals surface area contributed by atoms with E-state index >= 15 is 0 Å². The molecule has 0 aliphatic carbocycles. The quantitative estimate of drug-likeness (QED) is 0.0253. The topological polar surface area (TPSA) is 317 Å². The maximum Gasteiger partial charge on any atom is 0.412 e. The third kappa shape index (κ3) is 17.5. The highest BCUT2D eigenvalue weighted by atomic mass is 35.5. The SMILES string of the molecule is COc1cc(C(=O)N(C)[C@@H](C)C(=O)O[C@H]2CC(=O)N(C)c3cc(cc(OC)c3Cl)C/C(C)=C/C=C/[C@@H](OC)[C@@]3(O)C[C@H](OC(=O)N3)[C@@H](C)[C@@H]3O[C@@]23C)ccc1NC(=O)OCc1ccc(NC(=O)C(C)NC(=O)[C@@H](NC(=O)CCCCCN)C(C)C)cc1. The summed E-state index contributed by atoms with van der Waals surface area (Å²) < 4.78 is 40.6. The number of unbranched alkanes of at least 4 members (excludes halogenated alkanes) is 2. The number of hydrogen-bond acceptors (Lipinski definition) is 17. The van der Waals surface area contributed by atoms with Crippen LogP contribution < -0.4 is 46.7 Å². The molecule has 25 heteroatoms. The molecule has 0 saturated carbocycles. The Balaban J connectivity index is 1.09. The average Bonchev–Trinajstić information content (AvgIpc) is 1.59. The lowest BCUT2D eigenvalue weighted by Gasteiger charge is -2.42. The first-order chi connectivity index (χ1) is 41.2. The van der Waals surface area contributed by atoms with Crippen molar-refractivity contribution in [1.29, 1.82) is 0 Å². The summed E-state index contributed by atoms with van der Waals surface area (Å²) in [6, 6.07) is 11.2. The molecule has 7 amide bonds. The molecule has 1 unspecified atom stereocenters. The second-order valence-corrected chi connectivity index (χ2v) is 23.1. The number of nitrogens with one attached hydrogen (secondary N) is 5. The Bertz CT molecular complexity index is 3070. The van der Waals surface area contributed by atoms with Crippen LogP contribution in [0, 0.1) is 11.8 Å². The number of nitrogens with two attached hydrogens (primary N) is 1. The summed E-state index contributed by atoms with van der Waals surface area (Å²) >= 11 is 6.85. The number of epoxide rings is 1. The van der Waals surface area contributed by atoms with Gasteiger partial charge < -0.3 is 69.7 Å². The van der Waals surface area contributed by atoms with Crippen molar-refractivity contribution in [1.82, 2.24) is 20.9 Å². The molecule has 87 heavy (non-hydrogen) atoms. The number of ether oxygens (including phenoxy) is 7. The van der Waals surface area contributed by atoms with E-state index in [4.69, 9.17) is 50.5 Å². The number of halogens is 1. The van der Waals surface area contributed by atoms with Gasteiger partial charge in [0.05, 0.1) is 38.1 Å². The van der Waals surface area contributed by atoms with Crippen LogP contribution in [0.25, 0.3) is 0 Å². The van der Waals surface area contributed by atoms with Gasteiger partial charge in [0.25, 0.3) is 5.91 Å². The van der Waals surface area contributed by atoms with E-state index < -0.39 is 108 Å². The molecule has 24 nitrogen and oxygen atoms in total. The number of rotatable bonds is 21. The Morgan fingerprint density at radius 2 is 1.63 bits per heavy atom. The van der Waals surface area contributed by atoms with Gasteiger partial charge >= 0.3 is 18.2 Å². The Labute approximate surface area is 512 Å². The van der Waals surface area contributed by atoms with E-state index in [1.807, 2.05) is 13.0 Å². The molecule has 3 aromatic rings. The zero-order chi connectivity index (χ0) is 64.1. The lowest BCUT2D eigenvalue weighted by Crippen LogP contribution is -2.63. The summed E-state index contributed by atoms with van der Waals surface area (Å²) in [7, 11) is 7.13. The Kier molecular flexibility index (Phi) is 23.8. The molecule has 0 spiro atoms. The maximum absolute atomic E-state index is 14.5. The monoisotopic (exact) mass is 1230 g/mol. The van der Waals surface area contributed by atoms with Gasteiger partial charge in [-0.2, -0.15) is 0 Å². The number of fused-ring (bicyclic) bond motifs is 5. The van der Waals surface area contributed by atoms with E-state index in [-0.39, 0.29) is 53.3 Å². The van der Waals surface area contributed by atoms with Crippen molar-refractivity contribution in [2.45, 2.75) is 154 Å². The molecule has 3 aliphatic heterocycles. The van der Waals surface area contributed by atoms with Gasteiger partial charge in [-0.3, -0.25) is 34.6 Å². The lowest BCUT2D eigenvalue weighted by molar-refractivity contribution is -0.158. The number of carbonyl (C=O) groups excluding carboxylic acids is 8. The van der Waals surface area contributed by atoms with Crippen molar-refractivity contribution < 1.29 is 76.6 Å². The van der Waals surface area contributed by atoms with Crippen molar-refractivity contribution in [3.8, 4) is 11.5 Å². The van der Waals surface area contributed by atoms with E-state index in [2.05, 4.69) is 26.6 Å². The van der Waals surface area contributed by atoms with Gasteiger partial charge in [-0.15, -0.1) is 0 Å². The number of methoxy groups -OCH3 is 3. The standard InChI is InChI=1S/C62H83ClN8O16/c1-34(2)53(68-50(72)19-14-13-15-26-64)56(75)65-37(5)55(74)66-42-23-20-39(21-24-42)33-84-59(78)67-43-25-22-41(30-45(43)81-10)57(76)70(8)38(6)58(77)86-49-31-51(73)71(9)44-28-40(29-46(82-11)52(44)63)27-35(3)17-16-18-48(83-12)62(80)32-47(85-60(79)69-62)36(4)54-61(49,7)87-54/h16-18,20-25,28-30,34,36-38,47-49,53-54,80H,13-15,19,26-27,31-33,64H2,1-12H3,(H,65,75)(H,66,74)(H,67,78)(H,68,72)(H,69,79)/b18-16+,35-17+/t36-,37?,38+,47+,48-,49+,53+,54+,61+,62+/m1/s1. The summed E-state index contributed by atoms with van der Waals surface area (Å²) in [5.41, 5.74) is 5.44. The fourth-order valence-corrected chi connectivity index (χ4v) is 10.6. The Hall–Kier alpha value is -7.77. The highest BCUT2D eigenvalue weighted by molar-refractivity contribution is 6.35. The number of aliphatic hydroxyl groups is 1. The highest BCUT2D eigenvalue weighted by Crippen LogP contribution is 2.49. The first-order valence-electron chi connectivity index (χ1n) is 28.8. The van der Waals surface area contributed by atoms with Crippen LogP contribution in [0.3, 0.4) is 0 Å². The lowest BCUT2D eigenvalue weighted by atomic mass is 9.83. The van der Waals surface area contributed by atoms with E-state index in [1.165, 1.54) is 72.4 Å². The summed E-state index contributed by atoms with van der Waals surface area (Å²) in [6.45, 7) is 12.3. The molecular weight excluding hydrogens is 1150 g/mol. The van der Waals surface area contributed by atoms with Gasteiger partial charge in [-0.25, -0.2) is 14.4 Å². The molecule has 3 heterocycles. The van der Waals surface area contributed by atoms with Crippen molar-refractivity contribution in [3.05, 3.63) is 100 Å². The number of nitrogens with zero attached hydrogens (tertiary/aromatic N) is 2. The van der Waals surface area contributed by atoms with Crippen molar-refractivity contribution in [2.24, 2.45) is 17.6 Å². The van der Waals surface area contributed by atoms with E-state index in [0.717, 1.165) is 28.9 Å². The zero-order valence-electron chi connectivity index (χ0n) is 51.4. The molecule has 2 saturated heterocycles. The molecule has 4 bridgehead atoms. The molecule has 0 radical (unpaired) electrons. The fraction of sp³-hybridized carbons (Fsp3) is 0.516. The molecule has 3 aliphatic rings. The van der Waals surface area contributed by atoms with E-state index in [1.54, 1.807) is 76.2 Å². The van der Waals surface area contributed by atoms with E-state index in [0.29, 0.717) is 42.1 Å². The molecule has 6 rings (SSSR count). The zero-order valence-corrected chi connectivity index (χ0v) is 52.2. The second kappa shape index (κ2) is 30.2. The summed E-state index contributed by atoms with van der Waals surface area (Å²) in [5, 5.41) is 25.4. The molecule has 8 N–H and O–H groups in total. The summed E-state index contributed by atoms with van der Waals surface area (Å²) in [4.78, 5) is 110. The van der Waals surface area contributed by atoms with Crippen LogP contribution in [0.4, 0.5) is 26.7 Å². The van der Waals surface area contributed by atoms with Gasteiger partial charge in [-0.1, -0.05) is 74.7 Å². The first-order valence-corrected chi connectivity index (χ1v) is 29.2. The number of alkyl carbamates (subject to hydrolysis) is 1. The third-order valence-corrected chi connectivity index (χ3v) is 16.2. The maximum atomic E-state index is 14.5. The van der Waals surface area contributed by atoms with Crippen LogP contribution in [0.1, 0.15) is 108 Å². The normalized spacial score (nSPS) is 24.0. The second-order valence-electron chi connectivity index (χ2n) is 22.7. The fourth-order valence-electron chi connectivity index (χ4n) is 10.3. The summed E-state index contributed by atoms with van der Waals surface area (Å²) in [6.07, 6.45) is 1.80. The number of hydrogen-bond donors (Lipinski definition) is 7. The minimum absolute atomic E-state index is 0.0726.